The van der Waals surface area contributed by atoms with Crippen molar-refractivity contribution in [1.29, 1.82) is 5.26 Å². The van der Waals surface area contributed by atoms with Gasteiger partial charge in [-0.1, -0.05) is 50.1 Å². The molecule has 0 saturated carbocycles. The van der Waals surface area contributed by atoms with E-state index in [1.54, 1.807) is 12.1 Å². The molecule has 90 valence electrons. The van der Waals surface area contributed by atoms with E-state index in [1.165, 1.54) is 0 Å². The highest BCUT2D eigenvalue weighted by molar-refractivity contribution is 9.10. The molecule has 0 amide bonds. The molecule has 0 aliphatic rings. The van der Waals surface area contributed by atoms with Crippen LogP contribution in [0.4, 0.5) is 0 Å². The predicted molar refractivity (Wildman–Crippen MR) is 77.3 cm³/mol. The van der Waals surface area contributed by atoms with Gasteiger partial charge in [-0.05, 0) is 24.3 Å². The fourth-order valence-corrected chi connectivity index (χ4v) is 2.36. The van der Waals surface area contributed by atoms with Gasteiger partial charge in [0.1, 0.15) is 12.4 Å². The minimum absolute atomic E-state index is 0.461. The Morgan fingerprint density at radius 3 is 2.61 bits per heavy atom. The maximum atomic E-state index is 8.88. The third-order valence-electron chi connectivity index (χ3n) is 2.35. The zero-order chi connectivity index (χ0) is 13.0. The van der Waals surface area contributed by atoms with Crippen molar-refractivity contribution in [3.05, 3.63) is 62.5 Å². The van der Waals surface area contributed by atoms with E-state index in [0.717, 1.165) is 14.5 Å². The molecule has 2 aromatic rings. The molecule has 0 unspecified atom stereocenters. The molecule has 0 fully saturated rings. The van der Waals surface area contributed by atoms with Crippen LogP contribution in [-0.4, -0.2) is 0 Å². The third-order valence-corrected chi connectivity index (χ3v) is 3.58. The number of nitriles is 1. The van der Waals surface area contributed by atoms with Crippen LogP contribution in [0.1, 0.15) is 11.1 Å². The molecular weight excluding hydrogens is 358 g/mol. The van der Waals surface area contributed by atoms with Gasteiger partial charge in [0, 0.05) is 14.5 Å². The molecular formula is C14H9Br2NO. The normalized spacial score (nSPS) is 9.83. The van der Waals surface area contributed by atoms with Gasteiger partial charge in [0.2, 0.25) is 0 Å². The lowest BCUT2D eigenvalue weighted by Crippen LogP contribution is -1.96. The maximum absolute atomic E-state index is 8.88. The van der Waals surface area contributed by atoms with Gasteiger partial charge in [-0.15, -0.1) is 0 Å². The molecule has 0 aliphatic heterocycles. The molecule has 2 nitrogen and oxygen atoms in total. The topological polar surface area (TPSA) is 33.0 Å². The Morgan fingerprint density at radius 2 is 1.89 bits per heavy atom. The number of hydrogen-bond donors (Lipinski definition) is 0. The highest BCUT2D eigenvalue weighted by Gasteiger charge is 2.02. The molecule has 0 spiro atoms. The molecule has 0 aromatic heterocycles. The standard InChI is InChI=1S/C14H9Br2NO/c15-12-5-10(8-17)6-13(7-12)18-9-11-3-1-2-4-14(11)16/h1-7H,9H2. The van der Waals surface area contributed by atoms with Crippen molar-refractivity contribution in [2.24, 2.45) is 0 Å². The first-order valence-electron chi connectivity index (χ1n) is 5.26. The van der Waals surface area contributed by atoms with E-state index >= 15 is 0 Å². The van der Waals surface area contributed by atoms with Gasteiger partial charge < -0.3 is 4.74 Å². The summed E-state index contributed by atoms with van der Waals surface area (Å²) in [6.45, 7) is 0.461. The molecule has 4 heteroatoms. The lowest BCUT2D eigenvalue weighted by Gasteiger charge is -2.08. The van der Waals surface area contributed by atoms with Gasteiger partial charge >= 0.3 is 0 Å². The summed E-state index contributed by atoms with van der Waals surface area (Å²) in [4.78, 5) is 0. The molecule has 2 rings (SSSR count). The van der Waals surface area contributed by atoms with E-state index in [9.17, 15) is 0 Å². The first-order valence-corrected chi connectivity index (χ1v) is 6.84. The minimum atomic E-state index is 0.461. The average Bonchev–Trinajstić information content (AvgIpc) is 2.37. The van der Waals surface area contributed by atoms with Crippen LogP contribution in [-0.2, 0) is 6.61 Å². The van der Waals surface area contributed by atoms with E-state index in [4.69, 9.17) is 10.00 Å². The highest BCUT2D eigenvalue weighted by atomic mass is 79.9. The molecule has 0 saturated heterocycles. The monoisotopic (exact) mass is 365 g/mol. The Labute approximate surface area is 122 Å². The second-order valence-electron chi connectivity index (χ2n) is 3.67. The van der Waals surface area contributed by atoms with Gasteiger partial charge in [0.05, 0.1) is 11.6 Å². The maximum Gasteiger partial charge on any atom is 0.122 e. The first kappa shape index (κ1) is 13.1. The molecule has 0 N–H and O–H groups in total. The average molecular weight is 367 g/mol. The van der Waals surface area contributed by atoms with Gasteiger partial charge in [0.25, 0.3) is 0 Å². The molecule has 18 heavy (non-hydrogen) atoms. The number of ether oxygens (including phenoxy) is 1. The highest BCUT2D eigenvalue weighted by Crippen LogP contribution is 2.23. The molecule has 0 radical (unpaired) electrons. The Hall–Kier alpha value is -1.31. The zero-order valence-corrected chi connectivity index (χ0v) is 12.5. The van der Waals surface area contributed by atoms with E-state index in [0.29, 0.717) is 17.9 Å². The lowest BCUT2D eigenvalue weighted by molar-refractivity contribution is 0.305. The van der Waals surface area contributed by atoms with Crippen molar-refractivity contribution in [3.8, 4) is 11.8 Å². The Morgan fingerprint density at radius 1 is 1.11 bits per heavy atom. The third kappa shape index (κ3) is 3.34. The number of rotatable bonds is 3. The Balaban J connectivity index is 2.14. The van der Waals surface area contributed by atoms with Crippen LogP contribution in [0, 0.1) is 11.3 Å². The van der Waals surface area contributed by atoms with Gasteiger partial charge in [-0.2, -0.15) is 5.26 Å². The molecule has 2 aromatic carbocycles. The predicted octanol–water partition coefficient (Wildman–Crippen LogP) is 4.66. The molecule has 0 bridgehead atoms. The summed E-state index contributed by atoms with van der Waals surface area (Å²) in [5.41, 5.74) is 1.64. The largest absolute Gasteiger partial charge is 0.489 e. The summed E-state index contributed by atoms with van der Waals surface area (Å²) in [5.74, 6) is 0.677. The van der Waals surface area contributed by atoms with Crippen LogP contribution >= 0.6 is 31.9 Å². The summed E-state index contributed by atoms with van der Waals surface area (Å²) in [6.07, 6.45) is 0. The van der Waals surface area contributed by atoms with Crippen LogP contribution in [0.2, 0.25) is 0 Å². The van der Waals surface area contributed by atoms with E-state index in [-0.39, 0.29) is 0 Å². The van der Waals surface area contributed by atoms with Crippen LogP contribution in [0.15, 0.2) is 51.4 Å². The first-order chi connectivity index (χ1) is 8.69. The van der Waals surface area contributed by atoms with Gasteiger partial charge in [-0.3, -0.25) is 0 Å². The van der Waals surface area contributed by atoms with Crippen molar-refractivity contribution < 1.29 is 4.74 Å². The molecule has 0 aliphatic carbocycles. The summed E-state index contributed by atoms with van der Waals surface area (Å²) in [5, 5.41) is 8.88. The molecule has 0 atom stereocenters. The minimum Gasteiger partial charge on any atom is -0.489 e. The number of halogens is 2. The molecule has 0 heterocycles. The number of hydrogen-bond acceptors (Lipinski definition) is 2. The summed E-state index contributed by atoms with van der Waals surface area (Å²) >= 11 is 6.82. The second kappa shape index (κ2) is 6.03. The van der Waals surface area contributed by atoms with Crippen molar-refractivity contribution in [1.82, 2.24) is 0 Å². The summed E-state index contributed by atoms with van der Waals surface area (Å²) in [7, 11) is 0. The fourth-order valence-electron chi connectivity index (χ4n) is 1.49. The fraction of sp³-hybridized carbons (Fsp3) is 0.0714. The van der Waals surface area contributed by atoms with Gasteiger partial charge in [0.15, 0.2) is 0 Å². The van der Waals surface area contributed by atoms with Crippen molar-refractivity contribution in [2.45, 2.75) is 6.61 Å². The van der Waals surface area contributed by atoms with Gasteiger partial charge in [-0.25, -0.2) is 0 Å². The van der Waals surface area contributed by atoms with Crippen molar-refractivity contribution in [3.63, 3.8) is 0 Å². The van der Waals surface area contributed by atoms with Crippen LogP contribution in [0.25, 0.3) is 0 Å². The van der Waals surface area contributed by atoms with E-state index < -0.39 is 0 Å². The van der Waals surface area contributed by atoms with Crippen LogP contribution in [0.3, 0.4) is 0 Å². The van der Waals surface area contributed by atoms with Crippen LogP contribution < -0.4 is 4.74 Å². The van der Waals surface area contributed by atoms with Crippen LogP contribution in [0.5, 0.6) is 5.75 Å². The smallest absolute Gasteiger partial charge is 0.122 e. The lowest BCUT2D eigenvalue weighted by atomic mass is 10.2. The van der Waals surface area contributed by atoms with Crippen molar-refractivity contribution >= 4 is 31.9 Å². The summed E-state index contributed by atoms with van der Waals surface area (Å²) in [6, 6.07) is 15.3. The van der Waals surface area contributed by atoms with Crippen molar-refractivity contribution in [2.75, 3.05) is 0 Å². The quantitative estimate of drug-likeness (QED) is 0.791. The van der Waals surface area contributed by atoms with E-state index in [1.807, 2.05) is 30.3 Å². The number of nitrogens with zero attached hydrogens (tertiary/aromatic N) is 1. The Bertz CT molecular complexity index is 605. The zero-order valence-electron chi connectivity index (χ0n) is 9.36. The second-order valence-corrected chi connectivity index (χ2v) is 5.44. The van der Waals surface area contributed by atoms with E-state index in [2.05, 4.69) is 37.9 Å². The summed E-state index contributed by atoms with van der Waals surface area (Å²) < 4.78 is 7.54. The number of benzene rings is 2. The SMILES string of the molecule is N#Cc1cc(Br)cc(OCc2ccccc2Br)c1. The Kier molecular flexibility index (Phi) is 4.40.